The minimum absolute atomic E-state index is 0.0337. The number of hydrogen-bond donors (Lipinski definition) is 1. The molecule has 29 heavy (non-hydrogen) atoms. The van der Waals surface area contributed by atoms with E-state index in [0.717, 1.165) is 31.2 Å². The molecule has 3 aromatic rings. The molecule has 2 aromatic carbocycles. The molecule has 0 saturated heterocycles. The van der Waals surface area contributed by atoms with Crippen molar-refractivity contribution in [1.82, 2.24) is 10.2 Å². The quantitative estimate of drug-likeness (QED) is 0.452. The predicted molar refractivity (Wildman–Crippen MR) is 111 cm³/mol. The Morgan fingerprint density at radius 1 is 1.10 bits per heavy atom. The van der Waals surface area contributed by atoms with Gasteiger partial charge in [-0.2, -0.15) is 0 Å². The summed E-state index contributed by atoms with van der Waals surface area (Å²) in [5.41, 5.74) is 3.39. The number of rotatable bonds is 6. The van der Waals surface area contributed by atoms with Crippen LogP contribution in [-0.4, -0.2) is 21.2 Å². The van der Waals surface area contributed by atoms with Crippen LogP contribution >= 0.6 is 0 Å². The fourth-order valence-electron chi connectivity index (χ4n) is 3.73. The molecule has 0 atom stereocenters. The Labute approximate surface area is 169 Å². The van der Waals surface area contributed by atoms with E-state index in [1.165, 1.54) is 18.1 Å². The Morgan fingerprint density at radius 3 is 2.59 bits per heavy atom. The van der Waals surface area contributed by atoms with Gasteiger partial charge in [-0.05, 0) is 37.5 Å². The van der Waals surface area contributed by atoms with Crippen LogP contribution < -0.4 is 5.32 Å². The zero-order valence-electron chi connectivity index (χ0n) is 16.4. The molecule has 1 aromatic heterocycles. The third-order valence-corrected chi connectivity index (χ3v) is 5.35. The molecule has 0 aliphatic heterocycles. The second-order valence-corrected chi connectivity index (χ2v) is 7.63. The van der Waals surface area contributed by atoms with E-state index in [1.807, 2.05) is 31.2 Å². The highest BCUT2D eigenvalue weighted by molar-refractivity contribution is 5.70. The molecule has 1 fully saturated rings. The average molecular weight is 392 g/mol. The van der Waals surface area contributed by atoms with Crippen molar-refractivity contribution in [3.8, 4) is 11.5 Å². The molecule has 1 heterocycles. The lowest BCUT2D eigenvalue weighted by atomic mass is 9.95. The molecule has 0 radical (unpaired) electrons. The maximum absolute atomic E-state index is 11.6. The van der Waals surface area contributed by atoms with Gasteiger partial charge in [-0.15, -0.1) is 10.2 Å². The first-order chi connectivity index (χ1) is 14.1. The Balaban J connectivity index is 1.53. The number of nitrogens with zero attached hydrogens (tertiary/aromatic N) is 3. The summed E-state index contributed by atoms with van der Waals surface area (Å²) in [6.07, 6.45) is 6.18. The van der Waals surface area contributed by atoms with Gasteiger partial charge in [0.2, 0.25) is 11.8 Å². The molecule has 0 unspecified atom stereocenters. The van der Waals surface area contributed by atoms with E-state index in [9.17, 15) is 10.1 Å². The number of benzene rings is 2. The van der Waals surface area contributed by atoms with Gasteiger partial charge in [0, 0.05) is 17.7 Å². The van der Waals surface area contributed by atoms with Gasteiger partial charge in [0.25, 0.3) is 5.69 Å². The van der Waals surface area contributed by atoms with E-state index in [1.54, 1.807) is 12.1 Å². The molecule has 7 heteroatoms. The second kappa shape index (κ2) is 8.43. The monoisotopic (exact) mass is 392 g/mol. The highest BCUT2D eigenvalue weighted by Crippen LogP contribution is 2.32. The molecule has 1 aliphatic carbocycles. The molecule has 150 valence electrons. The summed E-state index contributed by atoms with van der Waals surface area (Å²) < 4.78 is 5.76. The lowest BCUT2D eigenvalue weighted by Gasteiger charge is -2.23. The van der Waals surface area contributed by atoms with Crippen LogP contribution in [0.25, 0.3) is 11.5 Å². The molecule has 0 spiro atoms. The molecule has 1 saturated carbocycles. The normalized spacial score (nSPS) is 14.7. The second-order valence-electron chi connectivity index (χ2n) is 7.63. The van der Waals surface area contributed by atoms with Crippen molar-refractivity contribution in [2.45, 2.75) is 51.5 Å². The summed E-state index contributed by atoms with van der Waals surface area (Å²) in [7, 11) is 0. The predicted octanol–water partition coefficient (Wildman–Crippen LogP) is 5.29. The first kappa shape index (κ1) is 19.1. The van der Waals surface area contributed by atoms with E-state index in [0.29, 0.717) is 29.5 Å². The Bertz CT molecular complexity index is 992. The van der Waals surface area contributed by atoms with Crippen LogP contribution in [0.2, 0.25) is 0 Å². The van der Waals surface area contributed by atoms with Gasteiger partial charge >= 0.3 is 0 Å². The number of anilines is 1. The first-order valence-corrected chi connectivity index (χ1v) is 10.0. The average Bonchev–Trinajstić information content (AvgIpc) is 3.19. The minimum atomic E-state index is -0.363. The number of nitro groups is 1. The van der Waals surface area contributed by atoms with E-state index < -0.39 is 0 Å². The summed E-state index contributed by atoms with van der Waals surface area (Å²) in [5, 5.41) is 23.1. The zero-order chi connectivity index (χ0) is 20.2. The zero-order valence-corrected chi connectivity index (χ0v) is 16.4. The summed E-state index contributed by atoms with van der Waals surface area (Å²) in [6, 6.07) is 13.5. The third-order valence-electron chi connectivity index (χ3n) is 5.35. The van der Waals surface area contributed by atoms with Gasteiger partial charge in [0.05, 0.1) is 11.3 Å². The fourth-order valence-corrected chi connectivity index (χ4v) is 3.73. The SMILES string of the molecule is Cc1ccc(Cc2nnc(-c3ccc(NC4CCCCC4)c([N+](=O)[O-])c3)o2)cc1. The van der Waals surface area contributed by atoms with Crippen LogP contribution in [0, 0.1) is 17.0 Å². The largest absolute Gasteiger partial charge is 0.420 e. The van der Waals surface area contributed by atoms with Crippen LogP contribution in [0.5, 0.6) is 0 Å². The van der Waals surface area contributed by atoms with Crippen molar-refractivity contribution in [2.75, 3.05) is 5.32 Å². The number of aryl methyl sites for hydroxylation is 1. The standard InChI is InChI=1S/C22H24N4O3/c1-15-7-9-16(10-8-15)13-21-24-25-22(29-21)17-11-12-19(20(14-17)26(27)28)23-18-5-3-2-4-6-18/h7-12,14,18,23H,2-6,13H2,1H3. The summed E-state index contributed by atoms with van der Waals surface area (Å²) in [4.78, 5) is 11.3. The molecular formula is C22H24N4O3. The summed E-state index contributed by atoms with van der Waals surface area (Å²) in [5.74, 6) is 0.773. The van der Waals surface area contributed by atoms with Crippen molar-refractivity contribution in [1.29, 1.82) is 0 Å². The fraction of sp³-hybridized carbons (Fsp3) is 0.364. The van der Waals surface area contributed by atoms with Crippen molar-refractivity contribution >= 4 is 11.4 Å². The van der Waals surface area contributed by atoms with E-state index in [-0.39, 0.29) is 16.7 Å². The van der Waals surface area contributed by atoms with Gasteiger partial charge in [-0.1, -0.05) is 49.1 Å². The molecule has 0 bridgehead atoms. The summed E-state index contributed by atoms with van der Waals surface area (Å²) >= 11 is 0. The highest BCUT2D eigenvalue weighted by Gasteiger charge is 2.21. The number of nitrogens with one attached hydrogen (secondary N) is 1. The van der Waals surface area contributed by atoms with Gasteiger partial charge in [0.15, 0.2) is 0 Å². The molecule has 4 rings (SSSR count). The smallest absolute Gasteiger partial charge is 0.293 e. The lowest BCUT2D eigenvalue weighted by molar-refractivity contribution is -0.383. The van der Waals surface area contributed by atoms with Crippen LogP contribution in [-0.2, 0) is 6.42 Å². The molecular weight excluding hydrogens is 368 g/mol. The van der Waals surface area contributed by atoms with Crippen LogP contribution in [0.1, 0.15) is 49.1 Å². The van der Waals surface area contributed by atoms with Crippen molar-refractivity contribution in [2.24, 2.45) is 0 Å². The summed E-state index contributed by atoms with van der Waals surface area (Å²) in [6.45, 7) is 2.04. The first-order valence-electron chi connectivity index (χ1n) is 10.0. The number of nitro benzene ring substituents is 1. The maximum atomic E-state index is 11.6. The van der Waals surface area contributed by atoms with Crippen molar-refractivity contribution < 1.29 is 9.34 Å². The van der Waals surface area contributed by atoms with E-state index >= 15 is 0 Å². The molecule has 1 aliphatic rings. The maximum Gasteiger partial charge on any atom is 0.293 e. The topological polar surface area (TPSA) is 94.1 Å². The van der Waals surface area contributed by atoms with E-state index in [2.05, 4.69) is 15.5 Å². The van der Waals surface area contributed by atoms with Gasteiger partial charge in [-0.25, -0.2) is 0 Å². The Hall–Kier alpha value is -3.22. The Kier molecular flexibility index (Phi) is 5.55. The Morgan fingerprint density at radius 2 is 1.86 bits per heavy atom. The van der Waals surface area contributed by atoms with Gasteiger partial charge in [-0.3, -0.25) is 10.1 Å². The van der Waals surface area contributed by atoms with Crippen LogP contribution in [0.4, 0.5) is 11.4 Å². The number of aromatic nitrogens is 2. The number of hydrogen-bond acceptors (Lipinski definition) is 6. The van der Waals surface area contributed by atoms with Gasteiger partial charge in [0.1, 0.15) is 5.69 Å². The van der Waals surface area contributed by atoms with Crippen molar-refractivity contribution in [3.63, 3.8) is 0 Å². The molecule has 1 N–H and O–H groups in total. The van der Waals surface area contributed by atoms with Crippen LogP contribution in [0.3, 0.4) is 0 Å². The van der Waals surface area contributed by atoms with Gasteiger partial charge < -0.3 is 9.73 Å². The van der Waals surface area contributed by atoms with E-state index in [4.69, 9.17) is 4.42 Å². The van der Waals surface area contributed by atoms with Crippen LogP contribution in [0.15, 0.2) is 46.9 Å². The molecule has 7 nitrogen and oxygen atoms in total. The highest BCUT2D eigenvalue weighted by atomic mass is 16.6. The van der Waals surface area contributed by atoms with Crippen molar-refractivity contribution in [3.05, 3.63) is 69.6 Å². The molecule has 0 amide bonds. The lowest BCUT2D eigenvalue weighted by Crippen LogP contribution is -2.22. The third kappa shape index (κ3) is 4.62. The minimum Gasteiger partial charge on any atom is -0.420 e.